The molecule has 0 bridgehead atoms. The van der Waals surface area contributed by atoms with Crippen LogP contribution >= 0.6 is 0 Å². The number of anilines is 3. The van der Waals surface area contributed by atoms with Gasteiger partial charge in [-0.2, -0.15) is 0 Å². The van der Waals surface area contributed by atoms with Gasteiger partial charge in [-0.15, -0.1) is 0 Å². The predicted molar refractivity (Wildman–Crippen MR) is 174 cm³/mol. The number of rotatable bonds is 5. The van der Waals surface area contributed by atoms with E-state index in [-0.39, 0.29) is 0 Å². The Hall–Kier alpha value is -5.40. The van der Waals surface area contributed by atoms with Gasteiger partial charge in [0.05, 0.1) is 5.69 Å². The molecule has 41 heavy (non-hydrogen) atoms. The molecule has 0 unspecified atom stereocenters. The molecule has 0 atom stereocenters. The molecular formula is C40H27N. The lowest BCUT2D eigenvalue weighted by Gasteiger charge is -2.34. The second kappa shape index (κ2) is 9.66. The van der Waals surface area contributed by atoms with E-state index in [0.717, 1.165) is 11.4 Å². The molecule has 0 amide bonds. The summed E-state index contributed by atoms with van der Waals surface area (Å²) in [5.41, 5.74) is 13.6. The van der Waals surface area contributed by atoms with E-state index in [1.165, 1.54) is 61.0 Å². The van der Waals surface area contributed by atoms with Gasteiger partial charge in [0.2, 0.25) is 0 Å². The number of benzene rings is 7. The Labute approximate surface area is 240 Å². The van der Waals surface area contributed by atoms with Crippen LogP contribution in [0.2, 0.25) is 0 Å². The molecule has 7 aromatic carbocycles. The molecule has 8 rings (SSSR count). The van der Waals surface area contributed by atoms with Crippen molar-refractivity contribution in [3.63, 3.8) is 0 Å². The van der Waals surface area contributed by atoms with E-state index in [9.17, 15) is 0 Å². The monoisotopic (exact) mass is 521 g/mol. The molecule has 0 radical (unpaired) electrons. The van der Waals surface area contributed by atoms with Gasteiger partial charge in [0.15, 0.2) is 0 Å². The van der Waals surface area contributed by atoms with Crippen molar-refractivity contribution in [1.29, 1.82) is 0 Å². The average Bonchev–Trinajstić information content (AvgIpc) is 3.05. The average molecular weight is 522 g/mol. The lowest BCUT2D eigenvalue weighted by Crippen LogP contribution is -2.14. The molecule has 1 nitrogen and oxygen atoms in total. The van der Waals surface area contributed by atoms with Crippen LogP contribution in [0.15, 0.2) is 164 Å². The van der Waals surface area contributed by atoms with E-state index in [2.05, 4.69) is 169 Å². The second-order valence-electron chi connectivity index (χ2n) is 10.6. The Morgan fingerprint density at radius 3 is 1.59 bits per heavy atom. The molecule has 0 fully saturated rings. The summed E-state index contributed by atoms with van der Waals surface area (Å²) in [6, 6.07) is 59.1. The Morgan fingerprint density at radius 1 is 0.317 bits per heavy atom. The zero-order valence-electron chi connectivity index (χ0n) is 22.5. The Balaban J connectivity index is 1.30. The smallest absolute Gasteiger partial charge is 0.0546 e. The molecule has 0 spiro atoms. The largest absolute Gasteiger partial charge is 0.310 e. The van der Waals surface area contributed by atoms with Crippen LogP contribution in [0.4, 0.5) is 17.1 Å². The van der Waals surface area contributed by atoms with Crippen molar-refractivity contribution in [3.8, 4) is 44.5 Å². The van der Waals surface area contributed by atoms with Gasteiger partial charge in [-0.1, -0.05) is 121 Å². The van der Waals surface area contributed by atoms with E-state index in [1.807, 2.05) is 0 Å². The highest BCUT2D eigenvalue weighted by Crippen LogP contribution is 2.55. The first kappa shape index (κ1) is 23.5. The van der Waals surface area contributed by atoms with Crippen molar-refractivity contribution in [1.82, 2.24) is 0 Å². The second-order valence-corrected chi connectivity index (χ2v) is 10.6. The highest BCUT2D eigenvalue weighted by atomic mass is 15.1. The summed E-state index contributed by atoms with van der Waals surface area (Å²) in [5.74, 6) is 0. The summed E-state index contributed by atoms with van der Waals surface area (Å²) in [6.45, 7) is 0. The van der Waals surface area contributed by atoms with Crippen LogP contribution in [0, 0.1) is 0 Å². The summed E-state index contributed by atoms with van der Waals surface area (Å²) in [4.78, 5) is 2.41. The standard InChI is InChI=1S/C40H27N/c1-3-11-28(12-4-1)30-21-23-34(24-22-30)41(35-18-9-17-31(25-35)29-13-5-2-6-14-29)39-20-10-19-36-37-26-32-15-7-8-16-33(32)27-38(37)40(36)39/h1-27H. The molecule has 0 heterocycles. The first-order chi connectivity index (χ1) is 20.3. The number of fused-ring (bicyclic) bond motifs is 5. The predicted octanol–water partition coefficient (Wildman–Crippen LogP) is 11.3. The van der Waals surface area contributed by atoms with Crippen LogP contribution in [0.1, 0.15) is 0 Å². The van der Waals surface area contributed by atoms with Gasteiger partial charge in [-0.3, -0.25) is 0 Å². The van der Waals surface area contributed by atoms with Crippen LogP contribution in [0.25, 0.3) is 55.3 Å². The zero-order chi connectivity index (χ0) is 27.2. The van der Waals surface area contributed by atoms with Crippen molar-refractivity contribution < 1.29 is 0 Å². The quantitative estimate of drug-likeness (QED) is 0.218. The first-order valence-corrected chi connectivity index (χ1v) is 14.1. The lowest BCUT2D eigenvalue weighted by molar-refractivity contribution is 1.28. The molecule has 7 aromatic rings. The van der Waals surface area contributed by atoms with Crippen LogP contribution in [0.3, 0.4) is 0 Å². The SMILES string of the molecule is c1ccc(-c2ccc(N(c3cccc(-c4ccccc4)c3)c3cccc4c3-c3cc5ccccc5cc3-4)cc2)cc1. The maximum atomic E-state index is 2.41. The van der Waals surface area contributed by atoms with Gasteiger partial charge < -0.3 is 4.90 Å². The third kappa shape index (κ3) is 4.02. The highest BCUT2D eigenvalue weighted by Gasteiger charge is 2.29. The highest BCUT2D eigenvalue weighted by molar-refractivity contribution is 6.13. The van der Waals surface area contributed by atoms with Gasteiger partial charge in [-0.25, -0.2) is 0 Å². The van der Waals surface area contributed by atoms with Crippen LogP contribution in [-0.2, 0) is 0 Å². The van der Waals surface area contributed by atoms with Gasteiger partial charge in [0.25, 0.3) is 0 Å². The van der Waals surface area contributed by atoms with E-state index in [1.54, 1.807) is 0 Å². The summed E-state index contributed by atoms with van der Waals surface area (Å²) >= 11 is 0. The number of nitrogens with zero attached hydrogens (tertiary/aromatic N) is 1. The van der Waals surface area contributed by atoms with Gasteiger partial charge in [-0.05, 0) is 92.2 Å². The number of hydrogen-bond donors (Lipinski definition) is 0. The molecular weight excluding hydrogens is 494 g/mol. The molecule has 0 saturated carbocycles. The zero-order valence-corrected chi connectivity index (χ0v) is 22.5. The fourth-order valence-electron chi connectivity index (χ4n) is 6.16. The van der Waals surface area contributed by atoms with Crippen molar-refractivity contribution in [2.24, 2.45) is 0 Å². The normalized spacial score (nSPS) is 11.4. The summed E-state index contributed by atoms with van der Waals surface area (Å²) < 4.78 is 0. The van der Waals surface area contributed by atoms with Crippen molar-refractivity contribution in [2.75, 3.05) is 4.90 Å². The maximum Gasteiger partial charge on any atom is 0.0546 e. The molecule has 192 valence electrons. The Kier molecular flexibility index (Phi) is 5.53. The molecule has 0 N–H and O–H groups in total. The minimum absolute atomic E-state index is 1.14. The molecule has 0 aliphatic heterocycles. The summed E-state index contributed by atoms with van der Waals surface area (Å²) in [6.07, 6.45) is 0. The van der Waals surface area contributed by atoms with Crippen molar-refractivity contribution in [3.05, 3.63) is 164 Å². The number of hydrogen-bond acceptors (Lipinski definition) is 1. The molecule has 0 aromatic heterocycles. The van der Waals surface area contributed by atoms with Crippen LogP contribution in [0.5, 0.6) is 0 Å². The molecule has 1 heteroatoms. The summed E-state index contributed by atoms with van der Waals surface area (Å²) in [5, 5.41) is 2.56. The Morgan fingerprint density at radius 2 is 0.878 bits per heavy atom. The fraction of sp³-hybridized carbons (Fsp3) is 0. The van der Waals surface area contributed by atoms with Crippen LogP contribution in [-0.4, -0.2) is 0 Å². The molecule has 1 aliphatic rings. The maximum absolute atomic E-state index is 2.41. The van der Waals surface area contributed by atoms with Gasteiger partial charge in [0.1, 0.15) is 0 Å². The van der Waals surface area contributed by atoms with Crippen molar-refractivity contribution in [2.45, 2.75) is 0 Å². The van der Waals surface area contributed by atoms with Crippen molar-refractivity contribution >= 4 is 27.8 Å². The minimum Gasteiger partial charge on any atom is -0.310 e. The summed E-state index contributed by atoms with van der Waals surface area (Å²) in [7, 11) is 0. The van der Waals surface area contributed by atoms with Gasteiger partial charge >= 0.3 is 0 Å². The van der Waals surface area contributed by atoms with Crippen LogP contribution < -0.4 is 4.90 Å². The lowest BCUT2D eigenvalue weighted by atomic mass is 9.78. The third-order valence-electron chi connectivity index (χ3n) is 8.17. The van der Waals surface area contributed by atoms with Gasteiger partial charge in [0, 0.05) is 16.9 Å². The topological polar surface area (TPSA) is 3.24 Å². The molecule has 1 aliphatic carbocycles. The van der Waals surface area contributed by atoms with E-state index < -0.39 is 0 Å². The van der Waals surface area contributed by atoms with E-state index in [4.69, 9.17) is 0 Å². The van der Waals surface area contributed by atoms with E-state index >= 15 is 0 Å². The van der Waals surface area contributed by atoms with E-state index in [0.29, 0.717) is 0 Å². The minimum atomic E-state index is 1.14. The first-order valence-electron chi connectivity index (χ1n) is 14.1. The molecule has 0 saturated heterocycles. The Bertz CT molecular complexity index is 2020. The fourth-order valence-corrected chi connectivity index (χ4v) is 6.16. The third-order valence-corrected chi connectivity index (χ3v) is 8.17.